The lowest BCUT2D eigenvalue weighted by molar-refractivity contribution is 0.0933. The van der Waals surface area contributed by atoms with E-state index in [1.807, 2.05) is 0 Å². The van der Waals surface area contributed by atoms with Crippen molar-refractivity contribution in [2.75, 3.05) is 0 Å². The van der Waals surface area contributed by atoms with Gasteiger partial charge in [-0.3, -0.25) is 9.59 Å². The molecule has 144 valence electrons. The Morgan fingerprint density at radius 1 is 1.19 bits per heavy atom. The molecular formula is C14H13F6N3O2S. The Labute approximate surface area is 143 Å². The molecule has 1 amide bonds. The standard InChI is InChI=1S/C14H13F6N3O2S/c1-7(21-14(25)12-6-13(24)23-8(2)22-12)10-4-3-9(5-11(10)15)26(16,17,18,19)20/h3-7H,1-2H3,(H,21,25)(H,22,23,24)/t7-/m0/s1. The number of carbonyl (C=O) groups is 1. The van der Waals surface area contributed by atoms with Gasteiger partial charge in [-0.1, -0.05) is 25.5 Å². The third-order valence-electron chi connectivity index (χ3n) is 3.32. The van der Waals surface area contributed by atoms with Crippen LogP contribution in [0.15, 0.2) is 34.0 Å². The van der Waals surface area contributed by atoms with Gasteiger partial charge in [-0.25, -0.2) is 9.37 Å². The molecule has 0 saturated carbocycles. The van der Waals surface area contributed by atoms with Crippen molar-refractivity contribution in [3.8, 4) is 0 Å². The lowest BCUT2D eigenvalue weighted by Gasteiger charge is -2.40. The molecule has 0 aliphatic rings. The summed E-state index contributed by atoms with van der Waals surface area (Å²) in [5.41, 5.74) is -1.34. The molecule has 2 aromatic rings. The van der Waals surface area contributed by atoms with E-state index in [2.05, 4.69) is 15.3 Å². The lowest BCUT2D eigenvalue weighted by Crippen LogP contribution is -2.29. The van der Waals surface area contributed by atoms with Crippen LogP contribution in [0.4, 0.5) is 23.8 Å². The first-order chi connectivity index (χ1) is 11.6. The first kappa shape index (κ1) is 19.8. The van der Waals surface area contributed by atoms with Gasteiger partial charge in [0.2, 0.25) is 0 Å². The molecular weight excluding hydrogens is 388 g/mol. The Morgan fingerprint density at radius 3 is 2.31 bits per heavy atom. The number of amides is 1. The van der Waals surface area contributed by atoms with Gasteiger partial charge in [0.05, 0.1) is 6.04 Å². The molecule has 0 aliphatic carbocycles. The van der Waals surface area contributed by atoms with E-state index < -0.39 is 44.0 Å². The highest BCUT2D eigenvalue weighted by molar-refractivity contribution is 8.45. The molecule has 0 radical (unpaired) electrons. The van der Waals surface area contributed by atoms with Crippen molar-refractivity contribution in [3.05, 3.63) is 57.5 Å². The van der Waals surface area contributed by atoms with E-state index in [1.165, 1.54) is 13.8 Å². The zero-order valence-corrected chi connectivity index (χ0v) is 14.1. The number of aromatic amines is 1. The summed E-state index contributed by atoms with van der Waals surface area (Å²) in [6.07, 6.45) is 0. The first-order valence-corrected chi connectivity index (χ1v) is 8.94. The number of benzene rings is 1. The van der Waals surface area contributed by atoms with E-state index in [-0.39, 0.29) is 23.7 Å². The number of carbonyl (C=O) groups excluding carboxylic acids is 1. The number of hydrogen-bond acceptors (Lipinski definition) is 3. The Morgan fingerprint density at radius 2 is 1.81 bits per heavy atom. The van der Waals surface area contributed by atoms with Gasteiger partial charge < -0.3 is 10.3 Å². The van der Waals surface area contributed by atoms with Crippen molar-refractivity contribution in [2.24, 2.45) is 0 Å². The number of aryl methyl sites for hydroxylation is 1. The molecule has 1 aromatic heterocycles. The second-order valence-electron chi connectivity index (χ2n) is 5.56. The summed E-state index contributed by atoms with van der Waals surface area (Å²) in [6, 6.07) is -0.0310. The number of hydrogen-bond donors (Lipinski definition) is 2. The highest BCUT2D eigenvalue weighted by Gasteiger charge is 2.65. The van der Waals surface area contributed by atoms with Crippen LogP contribution in [0.5, 0.6) is 0 Å². The first-order valence-electron chi connectivity index (χ1n) is 6.99. The van der Waals surface area contributed by atoms with Crippen molar-refractivity contribution < 1.29 is 28.6 Å². The predicted octanol–water partition coefficient (Wildman–Crippen LogP) is 4.37. The summed E-state index contributed by atoms with van der Waals surface area (Å²) < 4.78 is 77.4. The molecule has 2 rings (SSSR count). The second-order valence-corrected chi connectivity index (χ2v) is 7.97. The van der Waals surface area contributed by atoms with Crippen LogP contribution in [-0.2, 0) is 0 Å². The Kier molecular flexibility index (Phi) is 4.19. The fourth-order valence-corrected chi connectivity index (χ4v) is 2.79. The van der Waals surface area contributed by atoms with Crippen molar-refractivity contribution >= 4 is 16.1 Å². The van der Waals surface area contributed by atoms with Gasteiger partial charge in [0.1, 0.15) is 22.2 Å². The topological polar surface area (TPSA) is 74.8 Å². The molecule has 1 heterocycles. The largest absolute Gasteiger partial charge is 0.344 e. The molecule has 12 heteroatoms. The van der Waals surface area contributed by atoms with Crippen LogP contribution >= 0.6 is 10.2 Å². The van der Waals surface area contributed by atoms with Crippen molar-refractivity contribution in [3.63, 3.8) is 0 Å². The van der Waals surface area contributed by atoms with E-state index in [0.29, 0.717) is 6.07 Å². The van der Waals surface area contributed by atoms with Gasteiger partial charge in [-0.05, 0) is 26.0 Å². The molecule has 0 unspecified atom stereocenters. The van der Waals surface area contributed by atoms with Crippen LogP contribution in [0.25, 0.3) is 0 Å². The van der Waals surface area contributed by atoms with Crippen LogP contribution in [0, 0.1) is 12.7 Å². The zero-order chi connectivity index (χ0) is 20.0. The minimum absolute atomic E-state index is 0.0538. The smallest absolute Gasteiger partial charge is 0.310 e. The molecule has 0 fully saturated rings. The van der Waals surface area contributed by atoms with Gasteiger partial charge in [-0.2, -0.15) is 0 Å². The Bertz CT molecular complexity index is 943. The predicted molar refractivity (Wildman–Crippen MR) is 83.3 cm³/mol. The summed E-state index contributed by atoms with van der Waals surface area (Å²) >= 11 is 0. The van der Waals surface area contributed by atoms with Crippen LogP contribution in [-0.4, -0.2) is 15.9 Å². The summed E-state index contributed by atoms with van der Waals surface area (Å²) in [5, 5.41) is 2.23. The van der Waals surface area contributed by atoms with Crippen LogP contribution < -0.4 is 10.9 Å². The number of aromatic nitrogens is 2. The molecule has 2 N–H and O–H groups in total. The number of H-pyrrole nitrogens is 1. The van der Waals surface area contributed by atoms with Crippen LogP contribution in [0.3, 0.4) is 0 Å². The third-order valence-corrected chi connectivity index (χ3v) is 4.47. The second kappa shape index (κ2) is 5.50. The van der Waals surface area contributed by atoms with E-state index in [1.54, 1.807) is 0 Å². The SMILES string of the molecule is Cc1nc(C(=O)N[C@@H](C)c2ccc(S(F)(F)(F)(F)F)cc2F)cc(=O)[nH]1. The number of rotatable bonds is 4. The number of nitrogens with one attached hydrogen (secondary N) is 2. The summed E-state index contributed by atoms with van der Waals surface area (Å²) in [4.78, 5) is 27.0. The molecule has 1 aromatic carbocycles. The van der Waals surface area contributed by atoms with Gasteiger partial charge in [0.15, 0.2) is 0 Å². The van der Waals surface area contributed by atoms with Crippen molar-refractivity contribution in [1.82, 2.24) is 15.3 Å². The van der Waals surface area contributed by atoms with Crippen molar-refractivity contribution in [2.45, 2.75) is 24.8 Å². The molecule has 1 atom stereocenters. The van der Waals surface area contributed by atoms with Gasteiger partial charge in [0, 0.05) is 11.6 Å². The molecule has 0 spiro atoms. The quantitative estimate of drug-likeness (QED) is 0.748. The highest BCUT2D eigenvalue weighted by atomic mass is 32.5. The summed E-state index contributed by atoms with van der Waals surface area (Å²) in [5.74, 6) is -2.30. The lowest BCUT2D eigenvalue weighted by atomic mass is 10.1. The maximum atomic E-state index is 13.9. The fraction of sp³-hybridized carbons (Fsp3) is 0.214. The average molecular weight is 401 g/mol. The van der Waals surface area contributed by atoms with Crippen molar-refractivity contribution in [1.29, 1.82) is 0 Å². The summed E-state index contributed by atoms with van der Waals surface area (Å²) in [7, 11) is -10.0. The Balaban J connectivity index is 2.29. The van der Waals surface area contributed by atoms with Crippen LogP contribution in [0.1, 0.15) is 34.8 Å². The molecule has 26 heavy (non-hydrogen) atoms. The van der Waals surface area contributed by atoms with Gasteiger partial charge >= 0.3 is 10.2 Å². The minimum Gasteiger partial charge on any atom is -0.344 e. The monoisotopic (exact) mass is 401 g/mol. The Hall–Kier alpha value is -2.50. The molecule has 0 bridgehead atoms. The normalized spacial score (nSPS) is 15.7. The maximum absolute atomic E-state index is 13.9. The van der Waals surface area contributed by atoms with E-state index in [9.17, 15) is 33.4 Å². The average Bonchev–Trinajstić information content (AvgIpc) is 2.43. The maximum Gasteiger partial charge on any atom is 0.310 e. The molecule has 0 aliphatic heterocycles. The fourth-order valence-electron chi connectivity index (χ4n) is 2.14. The van der Waals surface area contributed by atoms with Gasteiger partial charge in [-0.15, -0.1) is 0 Å². The molecule has 5 nitrogen and oxygen atoms in total. The van der Waals surface area contributed by atoms with E-state index >= 15 is 0 Å². The van der Waals surface area contributed by atoms with E-state index in [4.69, 9.17) is 0 Å². The van der Waals surface area contributed by atoms with Crippen LogP contribution in [0.2, 0.25) is 0 Å². The third kappa shape index (κ3) is 4.56. The summed E-state index contributed by atoms with van der Waals surface area (Å²) in [6.45, 7) is 2.65. The zero-order valence-electron chi connectivity index (χ0n) is 13.3. The minimum atomic E-state index is -10.0. The van der Waals surface area contributed by atoms with E-state index in [0.717, 1.165) is 6.07 Å². The number of halogens is 6. The highest BCUT2D eigenvalue weighted by Crippen LogP contribution is 3.02. The van der Waals surface area contributed by atoms with Gasteiger partial charge in [0.25, 0.3) is 11.5 Å². The number of nitrogens with zero attached hydrogens (tertiary/aromatic N) is 1. The molecule has 0 saturated heterocycles.